The smallest absolute Gasteiger partial charge is 0.354 e. The summed E-state index contributed by atoms with van der Waals surface area (Å²) in [6.45, 7) is 2.53. The molecule has 0 atom stereocenters. The van der Waals surface area contributed by atoms with E-state index in [-0.39, 0.29) is 48.5 Å². The maximum Gasteiger partial charge on any atom is 0.416 e. The molecule has 1 saturated heterocycles. The van der Waals surface area contributed by atoms with Gasteiger partial charge < -0.3 is 21.3 Å². The number of halogens is 3. The first-order valence-corrected chi connectivity index (χ1v) is 15.1. The topological polar surface area (TPSA) is 144 Å². The van der Waals surface area contributed by atoms with Crippen molar-refractivity contribution in [2.24, 2.45) is 5.73 Å². The average Bonchev–Trinajstić information content (AvgIpc) is 3.01. The van der Waals surface area contributed by atoms with Crippen LogP contribution in [-0.2, 0) is 22.6 Å². The second-order valence-corrected chi connectivity index (χ2v) is 11.9. The first kappa shape index (κ1) is 31.9. The lowest BCUT2D eigenvalue weighted by Crippen LogP contribution is -2.49. The molecule has 10 nitrogen and oxygen atoms in total. The van der Waals surface area contributed by atoms with Crippen LogP contribution in [0.1, 0.15) is 33.6 Å². The zero-order chi connectivity index (χ0) is 31.0. The number of anilines is 2. The highest BCUT2D eigenvalue weighted by molar-refractivity contribution is 7.89. The number of carbonyl (C=O) groups excluding carboxylic acids is 1. The maximum atomic E-state index is 13.3. The molecule has 0 aliphatic carbocycles. The van der Waals surface area contributed by atoms with E-state index in [2.05, 4.69) is 15.6 Å². The Balaban J connectivity index is 1.33. The molecule has 228 valence electrons. The van der Waals surface area contributed by atoms with Crippen molar-refractivity contribution in [2.45, 2.75) is 23.9 Å². The molecular formula is C29H32F3N7O3S. The zero-order valence-electron chi connectivity index (χ0n) is 23.3. The largest absolute Gasteiger partial charge is 0.416 e. The third kappa shape index (κ3) is 8.29. The van der Waals surface area contributed by atoms with Gasteiger partial charge in [0.05, 0.1) is 10.5 Å². The zero-order valence-corrected chi connectivity index (χ0v) is 24.1. The highest BCUT2D eigenvalue weighted by Gasteiger charge is 2.34. The molecule has 4 rings (SSSR count). The molecule has 0 radical (unpaired) electrons. The summed E-state index contributed by atoms with van der Waals surface area (Å²) in [6, 6.07) is 16.2. The molecular weight excluding hydrogens is 583 g/mol. The maximum absolute atomic E-state index is 13.3. The van der Waals surface area contributed by atoms with E-state index in [1.165, 1.54) is 33.5 Å². The number of nitriles is 1. The first-order chi connectivity index (χ1) is 20.5. The van der Waals surface area contributed by atoms with Crippen LogP contribution in [0.3, 0.4) is 0 Å². The second-order valence-electron chi connectivity index (χ2n) is 9.92. The van der Waals surface area contributed by atoms with Gasteiger partial charge >= 0.3 is 6.18 Å². The van der Waals surface area contributed by atoms with Crippen LogP contribution in [0.2, 0.25) is 0 Å². The predicted molar refractivity (Wildman–Crippen MR) is 156 cm³/mol. The van der Waals surface area contributed by atoms with Crippen LogP contribution in [0.25, 0.3) is 0 Å². The number of benzene rings is 2. The van der Waals surface area contributed by atoms with Crippen molar-refractivity contribution in [2.75, 3.05) is 56.0 Å². The fourth-order valence-electron chi connectivity index (χ4n) is 4.53. The Morgan fingerprint density at radius 3 is 2.28 bits per heavy atom. The van der Waals surface area contributed by atoms with E-state index in [0.717, 1.165) is 37.6 Å². The predicted octanol–water partition coefficient (Wildman–Crippen LogP) is 3.22. The molecule has 1 aromatic heterocycles. The third-order valence-electron chi connectivity index (χ3n) is 6.93. The average molecular weight is 616 g/mol. The van der Waals surface area contributed by atoms with Gasteiger partial charge in [-0.25, -0.2) is 13.4 Å². The van der Waals surface area contributed by atoms with Gasteiger partial charge in [-0.05, 0) is 86.6 Å². The van der Waals surface area contributed by atoms with Crippen molar-refractivity contribution in [1.82, 2.24) is 14.6 Å². The van der Waals surface area contributed by atoms with Crippen LogP contribution in [0.4, 0.5) is 24.7 Å². The van der Waals surface area contributed by atoms with E-state index in [0.29, 0.717) is 23.9 Å². The second kappa shape index (κ2) is 14.0. The number of nitrogens with one attached hydrogen (secondary N) is 2. The molecule has 1 aliphatic heterocycles. The fourth-order valence-corrected chi connectivity index (χ4v) is 5.95. The number of rotatable bonds is 11. The minimum absolute atomic E-state index is 0.0143. The number of nitrogens with two attached hydrogens (primary N) is 1. The first-order valence-electron chi connectivity index (χ1n) is 13.7. The van der Waals surface area contributed by atoms with Crippen LogP contribution in [0, 0.1) is 11.3 Å². The Kier molecular flexibility index (Phi) is 10.4. The van der Waals surface area contributed by atoms with Crippen LogP contribution in [-0.4, -0.2) is 69.4 Å². The lowest BCUT2D eigenvalue weighted by atomic mass is 10.1. The van der Waals surface area contributed by atoms with Crippen LogP contribution in [0.5, 0.6) is 0 Å². The molecule has 3 aromatic rings. The van der Waals surface area contributed by atoms with E-state index < -0.39 is 21.8 Å². The summed E-state index contributed by atoms with van der Waals surface area (Å²) in [5.41, 5.74) is 6.09. The van der Waals surface area contributed by atoms with Gasteiger partial charge in [0.1, 0.15) is 17.6 Å². The Hall–Kier alpha value is -4.03. The number of hydrogen-bond donors (Lipinski definition) is 3. The lowest BCUT2D eigenvalue weighted by Gasteiger charge is -2.35. The SMILES string of the molecule is N#Cc1cc(C(F)(F)F)cc(N2CCN(S(=O)(=O)c3ccc(NC(=O)c4ccc(CCNCCCN)cc4)cc3)CC2)n1. The number of pyridine rings is 1. The van der Waals surface area contributed by atoms with Crippen molar-refractivity contribution < 1.29 is 26.4 Å². The molecule has 0 bridgehead atoms. The summed E-state index contributed by atoms with van der Waals surface area (Å²) in [4.78, 5) is 18.2. The molecule has 4 N–H and O–H groups in total. The van der Waals surface area contributed by atoms with Gasteiger partial charge in [-0.3, -0.25) is 4.79 Å². The number of aromatic nitrogens is 1. The Morgan fingerprint density at radius 1 is 1.00 bits per heavy atom. The molecule has 0 unspecified atom stereocenters. The van der Waals surface area contributed by atoms with Gasteiger partial charge in [0.15, 0.2) is 0 Å². The van der Waals surface area contributed by atoms with Crippen LogP contribution in [0.15, 0.2) is 65.6 Å². The van der Waals surface area contributed by atoms with E-state index in [9.17, 15) is 26.4 Å². The fraction of sp³-hybridized carbons (Fsp3) is 0.345. The van der Waals surface area contributed by atoms with Crippen molar-refractivity contribution in [3.8, 4) is 6.07 Å². The number of nitrogens with zero attached hydrogens (tertiary/aromatic N) is 4. The molecule has 0 saturated carbocycles. The van der Waals surface area contributed by atoms with Crippen molar-refractivity contribution in [3.63, 3.8) is 0 Å². The van der Waals surface area contributed by atoms with Gasteiger partial charge in [-0.1, -0.05) is 12.1 Å². The van der Waals surface area contributed by atoms with Gasteiger partial charge in [-0.2, -0.15) is 22.7 Å². The van der Waals surface area contributed by atoms with Crippen molar-refractivity contribution in [3.05, 3.63) is 83.0 Å². The summed E-state index contributed by atoms with van der Waals surface area (Å²) in [5, 5.41) is 15.2. The van der Waals surface area contributed by atoms with Gasteiger partial charge in [0.25, 0.3) is 5.91 Å². The van der Waals surface area contributed by atoms with Crippen molar-refractivity contribution in [1.29, 1.82) is 5.26 Å². The van der Waals surface area contributed by atoms with Gasteiger partial charge in [0.2, 0.25) is 10.0 Å². The molecule has 14 heteroatoms. The lowest BCUT2D eigenvalue weighted by molar-refractivity contribution is -0.137. The van der Waals surface area contributed by atoms with E-state index in [1.54, 1.807) is 18.2 Å². The minimum atomic E-state index is -4.65. The van der Waals surface area contributed by atoms with Crippen molar-refractivity contribution >= 4 is 27.4 Å². The molecule has 43 heavy (non-hydrogen) atoms. The monoisotopic (exact) mass is 615 g/mol. The molecule has 2 aromatic carbocycles. The Morgan fingerprint density at radius 2 is 1.67 bits per heavy atom. The summed E-state index contributed by atoms with van der Waals surface area (Å²) in [6.07, 6.45) is -2.91. The molecule has 1 fully saturated rings. The number of amides is 1. The molecule has 1 amide bonds. The summed E-state index contributed by atoms with van der Waals surface area (Å²) >= 11 is 0. The Bertz CT molecular complexity index is 1550. The Labute approximate surface area is 248 Å². The summed E-state index contributed by atoms with van der Waals surface area (Å²) in [5.74, 6) is -0.365. The van der Waals surface area contributed by atoms with E-state index >= 15 is 0 Å². The van der Waals surface area contributed by atoms with E-state index in [1.807, 2.05) is 12.1 Å². The summed E-state index contributed by atoms with van der Waals surface area (Å²) in [7, 11) is -3.90. The number of piperazine rings is 1. The minimum Gasteiger partial charge on any atom is -0.354 e. The highest BCUT2D eigenvalue weighted by atomic mass is 32.2. The number of carbonyl (C=O) groups is 1. The van der Waals surface area contributed by atoms with Gasteiger partial charge in [0, 0.05) is 37.4 Å². The van der Waals surface area contributed by atoms with Crippen LogP contribution >= 0.6 is 0 Å². The van der Waals surface area contributed by atoms with E-state index in [4.69, 9.17) is 11.0 Å². The standard InChI is InChI=1S/C29H32F3N7O3S/c30-29(31,32)23-18-25(20-34)36-27(19-23)38-14-16-39(17-15-38)43(41,42)26-8-6-24(7-9-26)37-28(40)22-4-2-21(3-5-22)10-13-35-12-1-11-33/h2-9,18-19,35H,1,10-17,33H2,(H,37,40). The number of sulfonamides is 1. The van der Waals surface area contributed by atoms with Gasteiger partial charge in [-0.15, -0.1) is 0 Å². The summed E-state index contributed by atoms with van der Waals surface area (Å²) < 4.78 is 67.5. The number of alkyl halides is 3. The molecule has 1 aliphatic rings. The quantitative estimate of drug-likeness (QED) is 0.279. The normalized spacial score (nSPS) is 14.3. The highest BCUT2D eigenvalue weighted by Crippen LogP contribution is 2.32. The van der Waals surface area contributed by atoms with Crippen LogP contribution < -0.4 is 21.3 Å². The third-order valence-corrected chi connectivity index (χ3v) is 8.84. The number of hydrogen-bond acceptors (Lipinski definition) is 8. The molecule has 2 heterocycles. The molecule has 0 spiro atoms.